The molecule has 0 aliphatic rings. The fourth-order valence-electron chi connectivity index (χ4n) is 1.55. The van der Waals surface area contributed by atoms with E-state index in [4.69, 9.17) is 5.73 Å². The zero-order chi connectivity index (χ0) is 11.0. The average molecular weight is 203 g/mol. The molecular weight excluding hydrogens is 190 g/mol. The van der Waals surface area contributed by atoms with E-state index in [1.54, 1.807) is 10.9 Å². The lowest BCUT2D eigenvalue weighted by atomic mass is 10.1. The topological polar surface area (TPSA) is 69.6 Å². The number of aryl methyl sites for hydroxylation is 2. The van der Waals surface area contributed by atoms with Gasteiger partial charge in [0, 0.05) is 18.2 Å². The van der Waals surface area contributed by atoms with E-state index >= 15 is 0 Å². The van der Waals surface area contributed by atoms with Crippen molar-refractivity contribution in [2.75, 3.05) is 5.73 Å². The third-order valence-electron chi connectivity index (χ3n) is 2.50. The maximum absolute atomic E-state index is 5.85. The summed E-state index contributed by atoms with van der Waals surface area (Å²) in [7, 11) is 1.83. The summed E-state index contributed by atoms with van der Waals surface area (Å²) in [4.78, 5) is 0. The summed E-state index contributed by atoms with van der Waals surface area (Å²) in [6.07, 6.45) is 1.66. The Morgan fingerprint density at radius 3 is 2.60 bits per heavy atom. The fraction of sp³-hybridized carbons (Fsp3) is 0.300. The van der Waals surface area contributed by atoms with Crippen molar-refractivity contribution in [2.45, 2.75) is 13.8 Å². The molecule has 0 radical (unpaired) electrons. The van der Waals surface area contributed by atoms with Crippen LogP contribution in [-0.4, -0.2) is 20.0 Å². The molecule has 0 spiro atoms. The summed E-state index contributed by atoms with van der Waals surface area (Å²) >= 11 is 0. The molecule has 0 saturated carbocycles. The molecule has 2 aromatic rings. The van der Waals surface area contributed by atoms with Crippen molar-refractivity contribution in [3.63, 3.8) is 0 Å². The van der Waals surface area contributed by atoms with Crippen LogP contribution >= 0.6 is 0 Å². The molecule has 5 heteroatoms. The highest BCUT2D eigenvalue weighted by atomic mass is 15.3. The predicted octanol–water partition coefficient (Wildman–Crippen LogP) is 1.08. The molecule has 0 aliphatic carbocycles. The van der Waals surface area contributed by atoms with Crippen molar-refractivity contribution >= 4 is 5.82 Å². The first-order valence-electron chi connectivity index (χ1n) is 4.69. The molecular formula is C10H13N5. The number of hydrogen-bond acceptors (Lipinski definition) is 4. The second-order valence-electron chi connectivity index (χ2n) is 3.51. The first kappa shape index (κ1) is 9.64. The molecule has 78 valence electrons. The van der Waals surface area contributed by atoms with Crippen LogP contribution in [-0.2, 0) is 7.05 Å². The van der Waals surface area contributed by atoms with Crippen LogP contribution in [0.1, 0.15) is 11.3 Å². The average Bonchev–Trinajstić information content (AvgIpc) is 2.47. The van der Waals surface area contributed by atoms with Crippen molar-refractivity contribution in [1.82, 2.24) is 20.0 Å². The first-order valence-corrected chi connectivity index (χ1v) is 4.69. The highest BCUT2D eigenvalue weighted by Gasteiger charge is 2.13. The maximum atomic E-state index is 5.85. The number of rotatable bonds is 1. The summed E-state index contributed by atoms with van der Waals surface area (Å²) < 4.78 is 1.67. The highest BCUT2D eigenvalue weighted by molar-refractivity contribution is 5.69. The van der Waals surface area contributed by atoms with Gasteiger partial charge in [0.05, 0.1) is 17.6 Å². The Hall–Kier alpha value is -1.91. The number of nitrogens with zero attached hydrogens (tertiary/aromatic N) is 4. The van der Waals surface area contributed by atoms with Gasteiger partial charge in [-0.1, -0.05) is 0 Å². The summed E-state index contributed by atoms with van der Waals surface area (Å²) in [5.41, 5.74) is 9.55. The third kappa shape index (κ3) is 1.45. The van der Waals surface area contributed by atoms with Gasteiger partial charge in [-0.2, -0.15) is 15.3 Å². The maximum Gasteiger partial charge on any atom is 0.124 e. The van der Waals surface area contributed by atoms with E-state index in [1.807, 2.05) is 27.0 Å². The zero-order valence-electron chi connectivity index (χ0n) is 9.02. The highest BCUT2D eigenvalue weighted by Crippen LogP contribution is 2.26. The van der Waals surface area contributed by atoms with Gasteiger partial charge in [0.15, 0.2) is 0 Å². The summed E-state index contributed by atoms with van der Waals surface area (Å²) in [6, 6.07) is 1.90. The van der Waals surface area contributed by atoms with Gasteiger partial charge in [-0.25, -0.2) is 0 Å². The van der Waals surface area contributed by atoms with Crippen molar-refractivity contribution in [1.29, 1.82) is 0 Å². The Kier molecular flexibility index (Phi) is 2.15. The molecule has 2 N–H and O–H groups in total. The minimum Gasteiger partial charge on any atom is -0.384 e. The van der Waals surface area contributed by atoms with Gasteiger partial charge >= 0.3 is 0 Å². The fourth-order valence-corrected chi connectivity index (χ4v) is 1.55. The van der Waals surface area contributed by atoms with Gasteiger partial charge in [-0.05, 0) is 19.9 Å². The van der Waals surface area contributed by atoms with Gasteiger partial charge in [-0.3, -0.25) is 4.68 Å². The normalized spacial score (nSPS) is 10.6. The Bertz CT molecular complexity index is 501. The lowest BCUT2D eigenvalue weighted by Gasteiger charge is -2.00. The summed E-state index contributed by atoms with van der Waals surface area (Å²) in [5, 5.41) is 12.2. The van der Waals surface area contributed by atoms with Gasteiger partial charge in [-0.15, -0.1) is 0 Å². The standard InChI is InChI=1S/C10H13N5/c1-6-9(14-15(3)10(6)11)8-4-5-12-13-7(8)2/h4-5H,11H2,1-3H3. The number of aromatic nitrogens is 4. The van der Waals surface area contributed by atoms with Crippen molar-refractivity contribution in [2.24, 2.45) is 7.05 Å². The molecule has 0 aliphatic heterocycles. The molecule has 0 amide bonds. The Morgan fingerprint density at radius 2 is 2.07 bits per heavy atom. The van der Waals surface area contributed by atoms with Crippen molar-refractivity contribution < 1.29 is 0 Å². The van der Waals surface area contributed by atoms with Crippen LogP contribution in [0.2, 0.25) is 0 Å². The van der Waals surface area contributed by atoms with E-state index in [2.05, 4.69) is 15.3 Å². The smallest absolute Gasteiger partial charge is 0.124 e. The van der Waals surface area contributed by atoms with Crippen molar-refractivity contribution in [3.05, 3.63) is 23.5 Å². The molecule has 2 aromatic heterocycles. The Morgan fingerprint density at radius 1 is 1.33 bits per heavy atom. The monoisotopic (exact) mass is 203 g/mol. The quantitative estimate of drug-likeness (QED) is 0.752. The molecule has 5 nitrogen and oxygen atoms in total. The predicted molar refractivity (Wildman–Crippen MR) is 58.1 cm³/mol. The number of hydrogen-bond donors (Lipinski definition) is 1. The van der Waals surface area contributed by atoms with E-state index in [1.165, 1.54) is 0 Å². The van der Waals surface area contributed by atoms with Gasteiger partial charge in [0.25, 0.3) is 0 Å². The first-order chi connectivity index (χ1) is 7.11. The number of nitrogens with two attached hydrogens (primary N) is 1. The molecule has 0 fully saturated rings. The van der Waals surface area contributed by atoms with Gasteiger partial charge < -0.3 is 5.73 Å². The summed E-state index contributed by atoms with van der Waals surface area (Å²) in [5.74, 6) is 0.682. The second-order valence-corrected chi connectivity index (χ2v) is 3.51. The Labute approximate surface area is 87.9 Å². The van der Waals surface area contributed by atoms with E-state index in [-0.39, 0.29) is 0 Å². The van der Waals surface area contributed by atoms with Gasteiger partial charge in [0.2, 0.25) is 0 Å². The van der Waals surface area contributed by atoms with Crippen molar-refractivity contribution in [3.8, 4) is 11.3 Å². The largest absolute Gasteiger partial charge is 0.384 e. The second kappa shape index (κ2) is 3.34. The lowest BCUT2D eigenvalue weighted by molar-refractivity contribution is 0.781. The van der Waals surface area contributed by atoms with E-state index in [0.29, 0.717) is 5.82 Å². The van der Waals surface area contributed by atoms with Crippen LogP contribution in [0.15, 0.2) is 12.3 Å². The third-order valence-corrected chi connectivity index (χ3v) is 2.50. The van der Waals surface area contributed by atoms with Crippen LogP contribution in [0.4, 0.5) is 5.82 Å². The lowest BCUT2D eigenvalue weighted by Crippen LogP contribution is -1.97. The zero-order valence-corrected chi connectivity index (χ0v) is 9.02. The molecule has 0 aromatic carbocycles. The van der Waals surface area contributed by atoms with E-state index < -0.39 is 0 Å². The van der Waals surface area contributed by atoms with Crippen LogP contribution in [0.3, 0.4) is 0 Å². The van der Waals surface area contributed by atoms with E-state index in [9.17, 15) is 0 Å². The van der Waals surface area contributed by atoms with Crippen LogP contribution in [0.5, 0.6) is 0 Å². The molecule has 0 bridgehead atoms. The SMILES string of the molecule is Cc1nnccc1-c1nn(C)c(N)c1C. The number of nitrogen functional groups attached to an aromatic ring is 1. The van der Waals surface area contributed by atoms with E-state index in [0.717, 1.165) is 22.5 Å². The molecule has 0 saturated heterocycles. The Balaban J connectivity index is 2.65. The molecule has 2 heterocycles. The molecule has 0 atom stereocenters. The molecule has 0 unspecified atom stereocenters. The molecule has 15 heavy (non-hydrogen) atoms. The van der Waals surface area contributed by atoms with Crippen LogP contribution in [0.25, 0.3) is 11.3 Å². The minimum absolute atomic E-state index is 0.682. The number of anilines is 1. The summed E-state index contributed by atoms with van der Waals surface area (Å²) in [6.45, 7) is 3.87. The van der Waals surface area contributed by atoms with Crippen LogP contribution < -0.4 is 5.73 Å². The minimum atomic E-state index is 0.682. The molecule has 2 rings (SSSR count). The van der Waals surface area contributed by atoms with Gasteiger partial charge in [0.1, 0.15) is 5.82 Å². The van der Waals surface area contributed by atoms with Crippen LogP contribution in [0, 0.1) is 13.8 Å².